The largest absolute Gasteiger partial charge is 0.497 e. The first-order valence-corrected chi connectivity index (χ1v) is 9.24. The minimum absolute atomic E-state index is 0.141. The highest BCUT2D eigenvalue weighted by Crippen LogP contribution is 2.24. The molecule has 1 unspecified atom stereocenters. The Labute approximate surface area is 169 Å². The van der Waals surface area contributed by atoms with Crippen molar-refractivity contribution in [1.29, 1.82) is 0 Å². The summed E-state index contributed by atoms with van der Waals surface area (Å²) in [6.45, 7) is -0.141. The van der Waals surface area contributed by atoms with E-state index in [0.717, 1.165) is 16.9 Å². The van der Waals surface area contributed by atoms with Crippen molar-refractivity contribution >= 4 is 17.6 Å². The number of carbonyl (C=O) groups excluding carboxylic acids is 2. The molecule has 0 fully saturated rings. The van der Waals surface area contributed by atoms with Crippen LogP contribution in [0.15, 0.2) is 84.9 Å². The minimum atomic E-state index is -0.438. The van der Waals surface area contributed by atoms with Gasteiger partial charge in [-0.2, -0.15) is 0 Å². The molecule has 0 aliphatic carbocycles. The van der Waals surface area contributed by atoms with E-state index in [-0.39, 0.29) is 18.5 Å². The lowest BCUT2D eigenvalue weighted by Gasteiger charge is -2.20. The average molecular weight is 389 g/mol. The SMILES string of the molecule is COc1ccc(C(NC(=O)CNC(=O)Nc2ccccc2)c2ccccc2)cc1. The first kappa shape index (κ1) is 19.9. The maximum atomic E-state index is 12.5. The number of anilines is 1. The van der Waals surface area contributed by atoms with Gasteiger partial charge in [-0.3, -0.25) is 4.79 Å². The number of methoxy groups -OCH3 is 1. The smallest absolute Gasteiger partial charge is 0.319 e. The lowest BCUT2D eigenvalue weighted by atomic mass is 9.98. The molecule has 1 atom stereocenters. The van der Waals surface area contributed by atoms with Gasteiger partial charge in [0.15, 0.2) is 0 Å². The van der Waals surface area contributed by atoms with Crippen molar-refractivity contribution in [2.45, 2.75) is 6.04 Å². The Kier molecular flexibility index (Phi) is 6.84. The summed E-state index contributed by atoms with van der Waals surface area (Å²) in [7, 11) is 1.61. The van der Waals surface area contributed by atoms with Gasteiger partial charge in [-0.05, 0) is 35.4 Å². The molecule has 3 aromatic rings. The molecule has 6 heteroatoms. The Balaban J connectivity index is 1.64. The Morgan fingerprint density at radius 3 is 2.03 bits per heavy atom. The van der Waals surface area contributed by atoms with Crippen LogP contribution in [0.4, 0.5) is 10.5 Å². The van der Waals surface area contributed by atoms with Crippen molar-refractivity contribution in [3.8, 4) is 5.75 Å². The zero-order valence-corrected chi connectivity index (χ0v) is 16.1. The predicted octanol–water partition coefficient (Wildman–Crippen LogP) is 3.72. The van der Waals surface area contributed by atoms with Gasteiger partial charge in [0, 0.05) is 5.69 Å². The van der Waals surface area contributed by atoms with Crippen molar-refractivity contribution in [2.24, 2.45) is 0 Å². The average Bonchev–Trinajstić information content (AvgIpc) is 2.77. The van der Waals surface area contributed by atoms with E-state index in [1.165, 1.54) is 0 Å². The Bertz CT molecular complexity index is 929. The molecule has 0 spiro atoms. The maximum absolute atomic E-state index is 12.5. The minimum Gasteiger partial charge on any atom is -0.497 e. The number of urea groups is 1. The van der Waals surface area contributed by atoms with Gasteiger partial charge in [0.1, 0.15) is 5.75 Å². The second-order valence-electron chi connectivity index (χ2n) is 6.36. The van der Waals surface area contributed by atoms with Crippen LogP contribution in [0.1, 0.15) is 17.2 Å². The van der Waals surface area contributed by atoms with E-state index in [0.29, 0.717) is 5.69 Å². The van der Waals surface area contributed by atoms with E-state index in [9.17, 15) is 9.59 Å². The third-order valence-corrected chi connectivity index (χ3v) is 4.33. The van der Waals surface area contributed by atoms with Crippen LogP contribution in [0, 0.1) is 0 Å². The molecule has 0 aliphatic heterocycles. The fourth-order valence-electron chi connectivity index (χ4n) is 2.87. The van der Waals surface area contributed by atoms with Crippen molar-refractivity contribution in [3.63, 3.8) is 0 Å². The van der Waals surface area contributed by atoms with E-state index in [2.05, 4.69) is 16.0 Å². The molecule has 3 rings (SSSR count). The van der Waals surface area contributed by atoms with Gasteiger partial charge in [0.05, 0.1) is 19.7 Å². The van der Waals surface area contributed by atoms with Crippen LogP contribution in [-0.4, -0.2) is 25.6 Å². The van der Waals surface area contributed by atoms with Crippen LogP contribution in [0.3, 0.4) is 0 Å². The molecule has 3 amide bonds. The molecule has 6 nitrogen and oxygen atoms in total. The summed E-state index contributed by atoms with van der Waals surface area (Å²) >= 11 is 0. The van der Waals surface area contributed by atoms with Crippen molar-refractivity contribution in [3.05, 3.63) is 96.1 Å². The fraction of sp³-hybridized carbons (Fsp3) is 0.130. The van der Waals surface area contributed by atoms with Gasteiger partial charge in [-0.1, -0.05) is 60.7 Å². The van der Waals surface area contributed by atoms with Crippen LogP contribution >= 0.6 is 0 Å². The zero-order chi connectivity index (χ0) is 20.5. The van der Waals surface area contributed by atoms with Crippen molar-refractivity contribution in [2.75, 3.05) is 19.0 Å². The number of carbonyl (C=O) groups is 2. The van der Waals surface area contributed by atoms with Crippen molar-refractivity contribution in [1.82, 2.24) is 10.6 Å². The standard InChI is InChI=1S/C23H23N3O3/c1-29-20-14-12-18(13-15-20)22(17-8-4-2-5-9-17)26-21(27)16-24-23(28)25-19-10-6-3-7-11-19/h2-15,22H,16H2,1H3,(H,26,27)(H2,24,25,28). The van der Waals surface area contributed by atoms with Crippen LogP contribution in [0.2, 0.25) is 0 Å². The molecule has 0 radical (unpaired) electrons. The summed E-state index contributed by atoms with van der Waals surface area (Å²) < 4.78 is 5.21. The molecule has 0 aliphatic rings. The quantitative estimate of drug-likeness (QED) is 0.576. The molecule has 0 saturated heterocycles. The van der Waals surface area contributed by atoms with Crippen LogP contribution in [-0.2, 0) is 4.79 Å². The second kappa shape index (κ2) is 9.94. The number of benzene rings is 3. The monoisotopic (exact) mass is 389 g/mol. The molecular weight excluding hydrogens is 366 g/mol. The normalized spacial score (nSPS) is 11.2. The van der Waals surface area contributed by atoms with E-state index in [4.69, 9.17) is 4.74 Å². The van der Waals surface area contributed by atoms with Crippen molar-refractivity contribution < 1.29 is 14.3 Å². The molecule has 0 bridgehead atoms. The summed E-state index contributed by atoms with van der Waals surface area (Å²) in [5.74, 6) is 0.448. The highest BCUT2D eigenvalue weighted by Gasteiger charge is 2.17. The van der Waals surface area contributed by atoms with Gasteiger partial charge < -0.3 is 20.7 Å². The number of hydrogen-bond acceptors (Lipinski definition) is 3. The summed E-state index contributed by atoms with van der Waals surface area (Å²) in [5.41, 5.74) is 2.52. The first-order chi connectivity index (χ1) is 14.2. The Morgan fingerprint density at radius 2 is 1.41 bits per heavy atom. The number of para-hydroxylation sites is 1. The molecule has 3 aromatic carbocycles. The molecule has 0 heterocycles. The third-order valence-electron chi connectivity index (χ3n) is 4.33. The van der Waals surface area contributed by atoms with Gasteiger partial charge in [-0.25, -0.2) is 4.79 Å². The highest BCUT2D eigenvalue weighted by molar-refractivity contribution is 5.92. The topological polar surface area (TPSA) is 79.5 Å². The summed E-state index contributed by atoms with van der Waals surface area (Å²) in [6.07, 6.45) is 0. The number of hydrogen-bond donors (Lipinski definition) is 3. The maximum Gasteiger partial charge on any atom is 0.319 e. The van der Waals surface area contributed by atoms with Crippen LogP contribution in [0.5, 0.6) is 5.75 Å². The van der Waals surface area contributed by atoms with Gasteiger partial charge in [0.2, 0.25) is 5.91 Å². The number of amides is 3. The third kappa shape index (κ3) is 5.84. The molecule has 0 aromatic heterocycles. The number of rotatable bonds is 7. The van der Waals surface area contributed by atoms with Crippen LogP contribution < -0.4 is 20.7 Å². The highest BCUT2D eigenvalue weighted by atomic mass is 16.5. The van der Waals surface area contributed by atoms with Gasteiger partial charge in [-0.15, -0.1) is 0 Å². The zero-order valence-electron chi connectivity index (χ0n) is 16.1. The number of ether oxygens (including phenoxy) is 1. The summed E-state index contributed by atoms with van der Waals surface area (Å²) in [5, 5.41) is 8.24. The fourth-order valence-corrected chi connectivity index (χ4v) is 2.87. The second-order valence-corrected chi connectivity index (χ2v) is 6.36. The van der Waals surface area contributed by atoms with E-state index in [1.807, 2.05) is 72.8 Å². The summed E-state index contributed by atoms with van der Waals surface area (Å²) in [6, 6.07) is 25.5. The van der Waals surface area contributed by atoms with E-state index >= 15 is 0 Å². The van der Waals surface area contributed by atoms with Crippen LogP contribution in [0.25, 0.3) is 0 Å². The lowest BCUT2D eigenvalue weighted by molar-refractivity contribution is -0.120. The predicted molar refractivity (Wildman–Crippen MR) is 113 cm³/mol. The number of nitrogens with one attached hydrogen (secondary N) is 3. The Morgan fingerprint density at radius 1 is 0.828 bits per heavy atom. The van der Waals surface area contributed by atoms with E-state index in [1.54, 1.807) is 19.2 Å². The molecule has 0 saturated carbocycles. The molecular formula is C23H23N3O3. The van der Waals surface area contributed by atoms with Gasteiger partial charge >= 0.3 is 6.03 Å². The lowest BCUT2D eigenvalue weighted by Crippen LogP contribution is -2.40. The van der Waals surface area contributed by atoms with E-state index < -0.39 is 6.03 Å². The van der Waals surface area contributed by atoms with Gasteiger partial charge in [0.25, 0.3) is 0 Å². The molecule has 3 N–H and O–H groups in total. The molecule has 29 heavy (non-hydrogen) atoms. The molecule has 148 valence electrons. The summed E-state index contributed by atoms with van der Waals surface area (Å²) in [4.78, 5) is 24.5. The first-order valence-electron chi connectivity index (χ1n) is 9.24. The Hall–Kier alpha value is -3.80.